The van der Waals surface area contributed by atoms with E-state index in [-0.39, 0.29) is 11.1 Å². The Morgan fingerprint density at radius 3 is 1.53 bits per heavy atom. The Hall–Kier alpha value is -0.940. The molecule has 0 radical (unpaired) electrons. The highest BCUT2D eigenvalue weighted by Gasteiger charge is 2.56. The van der Waals surface area contributed by atoms with Crippen molar-refractivity contribution in [1.29, 1.82) is 0 Å². The molecule has 0 saturated carbocycles. The highest BCUT2D eigenvalue weighted by molar-refractivity contribution is 5.23. The van der Waals surface area contributed by atoms with E-state index >= 15 is 0 Å². The van der Waals surface area contributed by atoms with E-state index in [4.69, 9.17) is 0 Å². The molecule has 0 heterocycles. The zero-order chi connectivity index (χ0) is 12.4. The van der Waals surface area contributed by atoms with Crippen LogP contribution in [0.25, 0.3) is 0 Å². The maximum atomic E-state index is 12.0. The highest BCUT2D eigenvalue weighted by atomic mass is 19.4. The van der Waals surface area contributed by atoms with E-state index in [0.717, 1.165) is 0 Å². The fourth-order valence-corrected chi connectivity index (χ4v) is 0.838. The van der Waals surface area contributed by atoms with Crippen LogP contribution in [0.2, 0.25) is 0 Å². The fourth-order valence-electron chi connectivity index (χ4n) is 0.838. The molecule has 15 heavy (non-hydrogen) atoms. The van der Waals surface area contributed by atoms with Crippen molar-refractivity contribution in [3.05, 3.63) is 24.3 Å². The van der Waals surface area contributed by atoms with Crippen LogP contribution in [0.1, 0.15) is 13.3 Å². The van der Waals surface area contributed by atoms with Crippen molar-refractivity contribution in [2.24, 2.45) is 5.92 Å². The first kappa shape index (κ1) is 14.1. The number of allylic oxidation sites excluding steroid dienone is 2. The molecule has 0 spiro atoms. The van der Waals surface area contributed by atoms with E-state index in [2.05, 4.69) is 13.2 Å². The van der Waals surface area contributed by atoms with Crippen LogP contribution in [-0.2, 0) is 0 Å². The summed E-state index contributed by atoms with van der Waals surface area (Å²) in [5.74, 6) is -3.37. The molecule has 0 saturated heterocycles. The molecule has 0 rings (SSSR count). The number of hydrogen-bond acceptors (Lipinski definition) is 0. The summed E-state index contributed by atoms with van der Waals surface area (Å²) in [5, 5.41) is 0. The van der Waals surface area contributed by atoms with Crippen LogP contribution < -0.4 is 0 Å². The second-order valence-electron chi connectivity index (χ2n) is 3.22. The molecule has 0 bridgehead atoms. The highest BCUT2D eigenvalue weighted by Crippen LogP contribution is 2.43. The van der Waals surface area contributed by atoms with E-state index in [0.29, 0.717) is 0 Å². The largest absolute Gasteiger partial charge is 0.400 e. The third-order valence-corrected chi connectivity index (χ3v) is 1.84. The van der Waals surface area contributed by atoms with Gasteiger partial charge in [-0.15, -0.1) is 0 Å². The number of rotatable bonds is 3. The SMILES string of the molecule is C=C(C)C(=C)CC(C(F)(F)F)C(F)(F)F. The first-order valence-electron chi connectivity index (χ1n) is 3.93. The topological polar surface area (TPSA) is 0 Å². The molecule has 0 nitrogen and oxygen atoms in total. The summed E-state index contributed by atoms with van der Waals surface area (Å²) in [7, 11) is 0. The van der Waals surface area contributed by atoms with E-state index in [1.54, 1.807) is 0 Å². The summed E-state index contributed by atoms with van der Waals surface area (Å²) in [4.78, 5) is 0. The lowest BCUT2D eigenvalue weighted by molar-refractivity contribution is -0.283. The zero-order valence-electron chi connectivity index (χ0n) is 7.97. The van der Waals surface area contributed by atoms with Crippen LogP contribution in [-0.4, -0.2) is 12.4 Å². The minimum absolute atomic E-state index is 0.119. The van der Waals surface area contributed by atoms with E-state index in [1.807, 2.05) is 0 Å². The van der Waals surface area contributed by atoms with Crippen LogP contribution in [0.3, 0.4) is 0 Å². The van der Waals surface area contributed by atoms with Gasteiger partial charge in [0.15, 0.2) is 5.92 Å². The maximum Gasteiger partial charge on any atom is 0.400 e. The van der Waals surface area contributed by atoms with Crippen LogP contribution in [0, 0.1) is 5.92 Å². The Kier molecular flexibility index (Phi) is 4.01. The predicted octanol–water partition coefficient (Wildman–Crippen LogP) is 4.25. The normalized spacial score (nSPS) is 13.1. The van der Waals surface area contributed by atoms with E-state index < -0.39 is 24.7 Å². The molecule has 0 atom stereocenters. The van der Waals surface area contributed by atoms with Gasteiger partial charge in [0, 0.05) is 0 Å². The molecule has 0 aromatic rings. The predicted molar refractivity (Wildman–Crippen MR) is 44.2 cm³/mol. The smallest absolute Gasteiger partial charge is 0.170 e. The summed E-state index contributed by atoms with van der Waals surface area (Å²) in [6.45, 7) is 7.67. The first-order valence-corrected chi connectivity index (χ1v) is 3.93. The van der Waals surface area contributed by atoms with Crippen LogP contribution >= 0.6 is 0 Å². The lowest BCUT2D eigenvalue weighted by atomic mass is 9.96. The molecule has 0 aromatic carbocycles. The molecule has 6 heteroatoms. The lowest BCUT2D eigenvalue weighted by Crippen LogP contribution is -2.36. The van der Waals surface area contributed by atoms with Gasteiger partial charge in [0.1, 0.15) is 0 Å². The summed E-state index contributed by atoms with van der Waals surface area (Å²) < 4.78 is 72.3. The molecule has 0 amide bonds. The van der Waals surface area contributed by atoms with E-state index in [1.165, 1.54) is 6.92 Å². The van der Waals surface area contributed by atoms with Gasteiger partial charge in [-0.05, 0) is 13.3 Å². The van der Waals surface area contributed by atoms with Gasteiger partial charge in [-0.25, -0.2) is 0 Å². The Bertz CT molecular complexity index is 243. The third kappa shape index (κ3) is 4.40. The van der Waals surface area contributed by atoms with Crippen LogP contribution in [0.4, 0.5) is 26.3 Å². The average molecular weight is 232 g/mol. The molecule has 0 N–H and O–H groups in total. The van der Waals surface area contributed by atoms with Gasteiger partial charge in [0.2, 0.25) is 0 Å². The minimum atomic E-state index is -5.31. The Labute approximate surface area is 83.3 Å². The van der Waals surface area contributed by atoms with Gasteiger partial charge < -0.3 is 0 Å². The first-order chi connectivity index (χ1) is 6.46. The Morgan fingerprint density at radius 1 is 1.00 bits per heavy atom. The maximum absolute atomic E-state index is 12.0. The monoisotopic (exact) mass is 232 g/mol. The number of hydrogen-bond donors (Lipinski definition) is 0. The van der Waals surface area contributed by atoms with Gasteiger partial charge in [-0.1, -0.05) is 24.3 Å². The van der Waals surface area contributed by atoms with Crippen molar-refractivity contribution >= 4 is 0 Å². The van der Waals surface area contributed by atoms with Gasteiger partial charge >= 0.3 is 12.4 Å². The Balaban J connectivity index is 4.85. The number of alkyl halides is 6. The quantitative estimate of drug-likeness (QED) is 0.504. The second kappa shape index (κ2) is 4.28. The van der Waals surface area contributed by atoms with Crippen LogP contribution in [0.15, 0.2) is 24.3 Å². The van der Waals surface area contributed by atoms with Gasteiger partial charge in [-0.3, -0.25) is 0 Å². The minimum Gasteiger partial charge on any atom is -0.170 e. The van der Waals surface area contributed by atoms with Gasteiger partial charge in [0.05, 0.1) is 0 Å². The van der Waals surface area contributed by atoms with Gasteiger partial charge in [-0.2, -0.15) is 26.3 Å². The molecule has 0 aromatic heterocycles. The molecular formula is C9H10F6. The molecule has 0 unspecified atom stereocenters. The van der Waals surface area contributed by atoms with Crippen molar-refractivity contribution in [1.82, 2.24) is 0 Å². The second-order valence-corrected chi connectivity index (χ2v) is 3.22. The third-order valence-electron chi connectivity index (χ3n) is 1.84. The molecule has 0 aliphatic rings. The lowest BCUT2D eigenvalue weighted by Gasteiger charge is -2.23. The van der Waals surface area contributed by atoms with Gasteiger partial charge in [0.25, 0.3) is 0 Å². The zero-order valence-corrected chi connectivity index (χ0v) is 7.97. The molecular weight excluding hydrogens is 222 g/mol. The van der Waals surface area contributed by atoms with Crippen LogP contribution in [0.5, 0.6) is 0 Å². The standard InChI is InChI=1S/C9H10F6/c1-5(2)6(3)4-7(8(10,11)12)9(13,14)15/h7H,1,3-4H2,2H3. The molecule has 0 fully saturated rings. The van der Waals surface area contributed by atoms with Crippen molar-refractivity contribution in [2.45, 2.75) is 25.7 Å². The summed E-state index contributed by atoms with van der Waals surface area (Å²) in [6.07, 6.45) is -11.8. The summed E-state index contributed by atoms with van der Waals surface area (Å²) >= 11 is 0. The van der Waals surface area contributed by atoms with Crippen molar-refractivity contribution in [2.75, 3.05) is 0 Å². The molecule has 0 aliphatic heterocycles. The Morgan fingerprint density at radius 2 is 1.33 bits per heavy atom. The number of halogens is 6. The summed E-state index contributed by atoms with van der Waals surface area (Å²) in [5.41, 5.74) is -0.122. The van der Waals surface area contributed by atoms with Crippen molar-refractivity contribution in [3.8, 4) is 0 Å². The molecule has 0 aliphatic carbocycles. The average Bonchev–Trinajstić information content (AvgIpc) is 1.94. The fraction of sp³-hybridized carbons (Fsp3) is 0.556. The molecule has 88 valence electrons. The van der Waals surface area contributed by atoms with Crippen molar-refractivity contribution in [3.63, 3.8) is 0 Å². The van der Waals surface area contributed by atoms with E-state index in [9.17, 15) is 26.3 Å². The van der Waals surface area contributed by atoms with Crippen molar-refractivity contribution < 1.29 is 26.3 Å². The summed E-state index contributed by atoms with van der Waals surface area (Å²) in [6, 6.07) is 0.